The Morgan fingerprint density at radius 2 is 2.20 bits per heavy atom. The highest BCUT2D eigenvalue weighted by Gasteiger charge is 2.11. The summed E-state index contributed by atoms with van der Waals surface area (Å²) in [6.07, 6.45) is 0.788. The largest absolute Gasteiger partial charge is 0.350 e. The molecule has 15 heavy (non-hydrogen) atoms. The zero-order chi connectivity index (χ0) is 11.3. The fraction of sp³-hybridized carbons (Fsp3) is 0.364. The number of carbonyl (C=O) groups excluding carboxylic acids is 1. The number of nitrogens with one attached hydrogen (secondary N) is 1. The van der Waals surface area contributed by atoms with Crippen molar-refractivity contribution in [3.8, 4) is 0 Å². The molecule has 1 unspecified atom stereocenters. The lowest BCUT2D eigenvalue weighted by molar-refractivity contribution is 0.0938. The molecule has 1 aromatic rings. The van der Waals surface area contributed by atoms with Crippen LogP contribution in [0.25, 0.3) is 0 Å². The monoisotopic (exact) mass is 270 g/mol. The first-order valence-corrected chi connectivity index (χ1v) is 5.70. The van der Waals surface area contributed by atoms with Gasteiger partial charge in [0.25, 0.3) is 5.91 Å². The van der Waals surface area contributed by atoms with Crippen LogP contribution in [0.3, 0.4) is 0 Å². The molecular weight excluding hydrogens is 256 g/mol. The van der Waals surface area contributed by atoms with Crippen LogP contribution >= 0.6 is 15.9 Å². The molecular formula is C11H15BrN2O. The Bertz CT molecular complexity index is 341. The topological polar surface area (TPSA) is 55.1 Å². The maximum absolute atomic E-state index is 11.8. The smallest absolute Gasteiger partial charge is 0.252 e. The molecule has 3 N–H and O–H groups in total. The van der Waals surface area contributed by atoms with Crippen molar-refractivity contribution < 1.29 is 4.79 Å². The van der Waals surface area contributed by atoms with E-state index in [1.165, 1.54) is 0 Å². The van der Waals surface area contributed by atoms with E-state index in [0.717, 1.165) is 10.9 Å². The fourth-order valence-electron chi connectivity index (χ4n) is 1.27. The van der Waals surface area contributed by atoms with Gasteiger partial charge in [-0.1, -0.05) is 12.1 Å². The molecule has 0 aliphatic heterocycles. The number of carbonyl (C=O) groups is 1. The van der Waals surface area contributed by atoms with E-state index in [1.807, 2.05) is 25.1 Å². The minimum Gasteiger partial charge on any atom is -0.350 e. The lowest BCUT2D eigenvalue weighted by atomic mass is 10.2. The first-order chi connectivity index (χ1) is 7.15. The third kappa shape index (κ3) is 3.64. The van der Waals surface area contributed by atoms with Crippen LogP contribution in [0.1, 0.15) is 23.7 Å². The summed E-state index contributed by atoms with van der Waals surface area (Å²) in [5.74, 6) is -0.0663. The zero-order valence-electron chi connectivity index (χ0n) is 8.66. The predicted octanol–water partition coefficient (Wildman–Crippen LogP) is 1.92. The second-order valence-electron chi connectivity index (χ2n) is 3.43. The summed E-state index contributed by atoms with van der Waals surface area (Å²) >= 11 is 3.34. The number of hydrogen-bond acceptors (Lipinski definition) is 2. The Hall–Kier alpha value is -0.870. The van der Waals surface area contributed by atoms with Crippen molar-refractivity contribution in [1.82, 2.24) is 5.32 Å². The SMILES string of the molecule is CC(CCN)NC(=O)c1ccccc1Br. The molecule has 0 aromatic heterocycles. The summed E-state index contributed by atoms with van der Waals surface area (Å²) in [7, 11) is 0. The number of nitrogens with two attached hydrogens (primary N) is 1. The van der Waals surface area contributed by atoms with E-state index in [1.54, 1.807) is 6.07 Å². The molecule has 1 amide bonds. The molecule has 0 fully saturated rings. The van der Waals surface area contributed by atoms with E-state index in [2.05, 4.69) is 21.2 Å². The van der Waals surface area contributed by atoms with Crippen molar-refractivity contribution in [2.24, 2.45) is 5.73 Å². The first kappa shape index (κ1) is 12.2. The Balaban J connectivity index is 2.65. The summed E-state index contributed by atoms with van der Waals surface area (Å²) in [6, 6.07) is 7.46. The van der Waals surface area contributed by atoms with E-state index in [0.29, 0.717) is 12.1 Å². The number of hydrogen-bond donors (Lipinski definition) is 2. The van der Waals surface area contributed by atoms with Crippen molar-refractivity contribution in [2.75, 3.05) is 6.54 Å². The minimum atomic E-state index is -0.0663. The summed E-state index contributed by atoms with van der Waals surface area (Å²) in [4.78, 5) is 11.8. The fourth-order valence-corrected chi connectivity index (χ4v) is 1.73. The van der Waals surface area contributed by atoms with Gasteiger partial charge in [0.2, 0.25) is 0 Å². The average Bonchev–Trinajstić information content (AvgIpc) is 2.18. The van der Waals surface area contributed by atoms with E-state index in [-0.39, 0.29) is 11.9 Å². The Morgan fingerprint density at radius 1 is 1.53 bits per heavy atom. The molecule has 0 saturated carbocycles. The van der Waals surface area contributed by atoms with Crippen LogP contribution < -0.4 is 11.1 Å². The molecule has 1 aromatic carbocycles. The van der Waals surface area contributed by atoms with E-state index < -0.39 is 0 Å². The van der Waals surface area contributed by atoms with Crippen molar-refractivity contribution >= 4 is 21.8 Å². The van der Waals surface area contributed by atoms with Crippen LogP contribution in [0.4, 0.5) is 0 Å². The molecule has 4 heteroatoms. The summed E-state index contributed by atoms with van der Waals surface area (Å²) in [5.41, 5.74) is 6.07. The molecule has 1 atom stereocenters. The average molecular weight is 271 g/mol. The Morgan fingerprint density at radius 3 is 2.80 bits per heavy atom. The molecule has 0 aliphatic rings. The lowest BCUT2D eigenvalue weighted by Crippen LogP contribution is -2.34. The van der Waals surface area contributed by atoms with Gasteiger partial charge in [0, 0.05) is 10.5 Å². The highest BCUT2D eigenvalue weighted by atomic mass is 79.9. The third-order valence-corrected chi connectivity index (χ3v) is 2.79. The first-order valence-electron chi connectivity index (χ1n) is 4.90. The van der Waals surface area contributed by atoms with Crippen LogP contribution in [0.2, 0.25) is 0 Å². The van der Waals surface area contributed by atoms with Crippen LogP contribution in [0.15, 0.2) is 28.7 Å². The third-order valence-electron chi connectivity index (χ3n) is 2.10. The van der Waals surface area contributed by atoms with Gasteiger partial charge in [0.1, 0.15) is 0 Å². The van der Waals surface area contributed by atoms with Crippen molar-refractivity contribution in [3.05, 3.63) is 34.3 Å². The van der Waals surface area contributed by atoms with Crippen LogP contribution in [0, 0.1) is 0 Å². The highest BCUT2D eigenvalue weighted by Crippen LogP contribution is 2.15. The number of halogens is 1. The van der Waals surface area contributed by atoms with Gasteiger partial charge in [-0.25, -0.2) is 0 Å². The maximum atomic E-state index is 11.8. The molecule has 0 saturated heterocycles. The maximum Gasteiger partial charge on any atom is 0.252 e. The number of benzene rings is 1. The normalized spacial score (nSPS) is 12.2. The Kier molecular flexibility index (Phi) is 4.78. The van der Waals surface area contributed by atoms with Gasteiger partial charge in [-0.2, -0.15) is 0 Å². The van der Waals surface area contributed by atoms with Gasteiger partial charge in [0.05, 0.1) is 5.56 Å². The van der Waals surface area contributed by atoms with Gasteiger partial charge < -0.3 is 11.1 Å². The van der Waals surface area contributed by atoms with Gasteiger partial charge in [-0.15, -0.1) is 0 Å². The van der Waals surface area contributed by atoms with Gasteiger partial charge in [-0.05, 0) is 48.0 Å². The molecule has 82 valence electrons. The molecule has 0 spiro atoms. The minimum absolute atomic E-state index is 0.0663. The van der Waals surface area contributed by atoms with Gasteiger partial charge in [0.15, 0.2) is 0 Å². The summed E-state index contributed by atoms with van der Waals surface area (Å²) < 4.78 is 0.808. The molecule has 0 bridgehead atoms. The molecule has 1 rings (SSSR count). The van der Waals surface area contributed by atoms with Crippen LogP contribution in [0.5, 0.6) is 0 Å². The second kappa shape index (κ2) is 5.88. The van der Waals surface area contributed by atoms with Crippen molar-refractivity contribution in [3.63, 3.8) is 0 Å². The molecule has 0 aliphatic carbocycles. The van der Waals surface area contributed by atoms with E-state index in [4.69, 9.17) is 5.73 Å². The quantitative estimate of drug-likeness (QED) is 0.879. The molecule has 0 radical (unpaired) electrons. The summed E-state index contributed by atoms with van der Waals surface area (Å²) in [6.45, 7) is 2.53. The standard InChI is InChI=1S/C11H15BrN2O/c1-8(6-7-13)14-11(15)9-4-2-3-5-10(9)12/h2-5,8H,6-7,13H2,1H3,(H,14,15). The van der Waals surface area contributed by atoms with Crippen LogP contribution in [-0.4, -0.2) is 18.5 Å². The molecule has 0 heterocycles. The van der Waals surface area contributed by atoms with E-state index >= 15 is 0 Å². The zero-order valence-corrected chi connectivity index (χ0v) is 10.3. The number of amides is 1. The van der Waals surface area contributed by atoms with Gasteiger partial charge >= 0.3 is 0 Å². The second-order valence-corrected chi connectivity index (χ2v) is 4.29. The highest BCUT2D eigenvalue weighted by molar-refractivity contribution is 9.10. The van der Waals surface area contributed by atoms with Crippen LogP contribution in [-0.2, 0) is 0 Å². The van der Waals surface area contributed by atoms with Crippen molar-refractivity contribution in [1.29, 1.82) is 0 Å². The van der Waals surface area contributed by atoms with Gasteiger partial charge in [-0.3, -0.25) is 4.79 Å². The molecule has 3 nitrogen and oxygen atoms in total. The predicted molar refractivity (Wildman–Crippen MR) is 64.7 cm³/mol. The van der Waals surface area contributed by atoms with Crippen molar-refractivity contribution in [2.45, 2.75) is 19.4 Å². The van der Waals surface area contributed by atoms with E-state index in [9.17, 15) is 4.79 Å². The summed E-state index contributed by atoms with van der Waals surface area (Å²) in [5, 5.41) is 2.89. The lowest BCUT2D eigenvalue weighted by Gasteiger charge is -2.13. The number of rotatable bonds is 4. The Labute approximate surface area is 98.2 Å².